The van der Waals surface area contributed by atoms with Crippen LogP contribution in [0.3, 0.4) is 0 Å². The van der Waals surface area contributed by atoms with E-state index >= 15 is 0 Å². The Kier molecular flexibility index (Phi) is 9.69. The summed E-state index contributed by atoms with van der Waals surface area (Å²) in [4.78, 5) is 42.5. The number of hydrogen-bond acceptors (Lipinski definition) is 7. The number of carbonyl (C=O) groups excluding carboxylic acids is 2. The van der Waals surface area contributed by atoms with Gasteiger partial charge in [0.15, 0.2) is 0 Å². The summed E-state index contributed by atoms with van der Waals surface area (Å²) in [6, 6.07) is 21.2. The number of carbonyl (C=O) groups is 2. The quantitative estimate of drug-likeness (QED) is 0.222. The van der Waals surface area contributed by atoms with Crippen molar-refractivity contribution in [2.24, 2.45) is 4.99 Å². The number of H-pyrrole nitrogens is 1. The molecule has 2 amide bonds. The zero-order valence-electron chi connectivity index (χ0n) is 31.1. The molecule has 1 N–H and O–H groups in total. The van der Waals surface area contributed by atoms with Crippen molar-refractivity contribution in [3.8, 4) is 22.4 Å². The number of amides is 2. The fourth-order valence-corrected chi connectivity index (χ4v) is 7.12. The number of allylic oxidation sites excluding steroid dienone is 1. The van der Waals surface area contributed by atoms with Crippen molar-refractivity contribution < 1.29 is 23.8 Å². The van der Waals surface area contributed by atoms with Crippen LogP contribution in [0, 0.1) is 0 Å². The first-order valence-electron chi connectivity index (χ1n) is 18.3. The molecule has 10 nitrogen and oxygen atoms in total. The molecular weight excluding hydrogens is 654 g/mol. The number of aromatic amines is 1. The summed E-state index contributed by atoms with van der Waals surface area (Å²) >= 11 is 0. The highest BCUT2D eigenvalue weighted by Crippen LogP contribution is 2.34. The summed E-state index contributed by atoms with van der Waals surface area (Å²) in [6.45, 7) is 13.4. The van der Waals surface area contributed by atoms with E-state index in [0.29, 0.717) is 32.7 Å². The van der Waals surface area contributed by atoms with E-state index in [1.165, 1.54) is 0 Å². The lowest BCUT2D eigenvalue weighted by Crippen LogP contribution is -2.53. The molecule has 0 unspecified atom stereocenters. The molecule has 4 aromatic rings. The van der Waals surface area contributed by atoms with Gasteiger partial charge in [-0.15, -0.1) is 0 Å². The SMILES string of the molecule is CC(C)(C)OC(=O)N1CCOC[C@H]1C1=NC=C(c2ccc(-c3ccc4cc(-c5cnc([C@@H]6CCCCN6C(=O)OC(C)(C)C)[nH]5)ccc4c3)cc2)C1. The highest BCUT2D eigenvalue weighted by Gasteiger charge is 2.36. The molecule has 0 saturated carbocycles. The molecule has 3 aromatic carbocycles. The average Bonchev–Trinajstić information content (AvgIpc) is 3.81. The van der Waals surface area contributed by atoms with Crippen LogP contribution in [0.4, 0.5) is 9.59 Å². The Morgan fingerprint density at radius 2 is 1.38 bits per heavy atom. The number of imidazole rings is 1. The number of hydrogen-bond donors (Lipinski definition) is 1. The molecule has 10 heteroatoms. The zero-order valence-corrected chi connectivity index (χ0v) is 31.1. The fourth-order valence-electron chi connectivity index (χ4n) is 7.12. The van der Waals surface area contributed by atoms with E-state index in [9.17, 15) is 9.59 Å². The zero-order chi connectivity index (χ0) is 36.6. The molecule has 2 saturated heterocycles. The van der Waals surface area contributed by atoms with Crippen LogP contribution in [0.2, 0.25) is 0 Å². The van der Waals surface area contributed by atoms with Gasteiger partial charge in [-0.05, 0) is 106 Å². The predicted octanol–water partition coefficient (Wildman–Crippen LogP) is 9.18. The highest BCUT2D eigenvalue weighted by atomic mass is 16.6. The Labute approximate surface area is 305 Å². The lowest BCUT2D eigenvalue weighted by molar-refractivity contribution is -0.0180. The van der Waals surface area contributed by atoms with E-state index in [0.717, 1.165) is 75.1 Å². The van der Waals surface area contributed by atoms with Gasteiger partial charge in [-0.2, -0.15) is 0 Å². The van der Waals surface area contributed by atoms with Crippen molar-refractivity contribution in [2.45, 2.75) is 90.5 Å². The minimum absolute atomic E-state index is 0.132. The van der Waals surface area contributed by atoms with Crippen LogP contribution in [0.1, 0.15) is 84.7 Å². The van der Waals surface area contributed by atoms with E-state index in [2.05, 4.69) is 65.6 Å². The molecule has 2 atom stereocenters. The molecule has 0 radical (unpaired) electrons. The maximum absolute atomic E-state index is 13.0. The second kappa shape index (κ2) is 14.2. The molecule has 2 fully saturated rings. The minimum Gasteiger partial charge on any atom is -0.444 e. The molecule has 1 aromatic heterocycles. The predicted molar refractivity (Wildman–Crippen MR) is 204 cm³/mol. The number of morpholine rings is 1. The van der Waals surface area contributed by atoms with Crippen LogP contribution in [0.15, 0.2) is 78.1 Å². The van der Waals surface area contributed by atoms with Gasteiger partial charge in [0, 0.05) is 37.0 Å². The number of ether oxygens (including phenoxy) is 3. The Balaban J connectivity index is 1.01. The molecule has 0 bridgehead atoms. The molecule has 3 aliphatic rings. The van der Waals surface area contributed by atoms with Crippen LogP contribution in [-0.4, -0.2) is 81.2 Å². The third-order valence-corrected chi connectivity index (χ3v) is 9.68. The number of fused-ring (bicyclic) bond motifs is 1. The van der Waals surface area contributed by atoms with Crippen LogP contribution in [0.5, 0.6) is 0 Å². The molecule has 52 heavy (non-hydrogen) atoms. The summed E-state index contributed by atoms with van der Waals surface area (Å²) in [6.07, 6.45) is 6.67. The van der Waals surface area contributed by atoms with E-state index in [4.69, 9.17) is 24.2 Å². The third kappa shape index (κ3) is 7.92. The number of nitrogens with zero attached hydrogens (tertiary/aromatic N) is 4. The van der Waals surface area contributed by atoms with Gasteiger partial charge in [0.25, 0.3) is 0 Å². The average molecular weight is 704 g/mol. The van der Waals surface area contributed by atoms with Crippen molar-refractivity contribution in [2.75, 3.05) is 26.3 Å². The van der Waals surface area contributed by atoms with Gasteiger partial charge in [-0.25, -0.2) is 14.6 Å². The van der Waals surface area contributed by atoms with Crippen LogP contribution >= 0.6 is 0 Å². The molecule has 7 rings (SSSR count). The maximum atomic E-state index is 13.0. The van der Waals surface area contributed by atoms with Crippen molar-refractivity contribution in [3.63, 3.8) is 0 Å². The normalized spacial score (nSPS) is 19.7. The molecule has 3 aliphatic heterocycles. The summed E-state index contributed by atoms with van der Waals surface area (Å²) in [5, 5.41) is 2.28. The Bertz CT molecular complexity index is 2020. The number of benzene rings is 3. The number of aromatic nitrogens is 2. The second-order valence-electron chi connectivity index (χ2n) is 15.9. The first kappa shape index (κ1) is 35.4. The molecule has 0 aliphatic carbocycles. The number of nitrogens with one attached hydrogen (secondary N) is 1. The van der Waals surface area contributed by atoms with E-state index in [-0.39, 0.29) is 24.3 Å². The lowest BCUT2D eigenvalue weighted by atomic mass is 9.95. The summed E-state index contributed by atoms with van der Waals surface area (Å²) in [5.74, 6) is 0.793. The number of piperidine rings is 1. The lowest BCUT2D eigenvalue weighted by Gasteiger charge is -2.36. The van der Waals surface area contributed by atoms with E-state index in [1.54, 1.807) is 4.90 Å². The maximum Gasteiger partial charge on any atom is 0.411 e. The molecule has 272 valence electrons. The highest BCUT2D eigenvalue weighted by molar-refractivity contribution is 6.03. The Morgan fingerprint density at radius 1 is 0.769 bits per heavy atom. The largest absolute Gasteiger partial charge is 0.444 e. The fraction of sp³-hybridized carbons (Fsp3) is 0.429. The standard InChI is InChI=1S/C42H49N5O5/c1-41(2,3)51-39(48)46-18-8-7-9-36(46)38-44-25-35(45-38)32-17-16-30-21-29(14-15-31(30)22-32)27-10-12-28(13-11-27)33-23-34(43-24-33)37-26-50-20-19-47(37)40(49)52-42(4,5)6/h10-17,21-22,24-25,36-37H,7-9,18-20,23,26H2,1-6H3,(H,44,45)/t36-,37-/m0/s1. The van der Waals surface area contributed by atoms with Gasteiger partial charge in [-0.3, -0.25) is 14.8 Å². The van der Waals surface area contributed by atoms with Gasteiger partial charge < -0.3 is 19.2 Å². The monoisotopic (exact) mass is 703 g/mol. The van der Waals surface area contributed by atoms with Crippen LogP contribution in [0.25, 0.3) is 38.7 Å². The summed E-state index contributed by atoms with van der Waals surface area (Å²) in [7, 11) is 0. The number of rotatable bonds is 5. The number of aliphatic imine (C=N–C) groups is 1. The van der Waals surface area contributed by atoms with Crippen LogP contribution in [-0.2, 0) is 14.2 Å². The van der Waals surface area contributed by atoms with Crippen molar-refractivity contribution in [1.82, 2.24) is 19.8 Å². The smallest absolute Gasteiger partial charge is 0.411 e. The topological polar surface area (TPSA) is 109 Å². The van der Waals surface area contributed by atoms with Crippen molar-refractivity contribution >= 4 is 34.2 Å². The van der Waals surface area contributed by atoms with Gasteiger partial charge >= 0.3 is 12.2 Å². The second-order valence-corrected chi connectivity index (χ2v) is 15.9. The Morgan fingerprint density at radius 3 is 2.08 bits per heavy atom. The van der Waals surface area contributed by atoms with Gasteiger partial charge in [-0.1, -0.05) is 48.5 Å². The molecule has 0 spiro atoms. The van der Waals surface area contributed by atoms with E-state index in [1.807, 2.05) is 58.8 Å². The molecule has 4 heterocycles. The van der Waals surface area contributed by atoms with Gasteiger partial charge in [0.1, 0.15) is 17.0 Å². The first-order valence-corrected chi connectivity index (χ1v) is 18.3. The van der Waals surface area contributed by atoms with Crippen molar-refractivity contribution in [3.05, 3.63) is 84.4 Å². The van der Waals surface area contributed by atoms with Crippen LogP contribution < -0.4 is 0 Å². The van der Waals surface area contributed by atoms with Gasteiger partial charge in [0.2, 0.25) is 0 Å². The first-order chi connectivity index (χ1) is 24.8. The minimum atomic E-state index is -0.564. The summed E-state index contributed by atoms with van der Waals surface area (Å²) < 4.78 is 17.1. The third-order valence-electron chi connectivity index (χ3n) is 9.68. The molecular formula is C42H49N5O5. The Hall–Kier alpha value is -4.96. The van der Waals surface area contributed by atoms with Gasteiger partial charge in [0.05, 0.1) is 37.2 Å². The van der Waals surface area contributed by atoms with E-state index < -0.39 is 11.2 Å². The number of likely N-dealkylation sites (tertiary alicyclic amines) is 1. The summed E-state index contributed by atoms with van der Waals surface area (Å²) in [5.41, 5.74) is 6.27. The van der Waals surface area contributed by atoms with Crippen molar-refractivity contribution in [1.29, 1.82) is 0 Å².